The first kappa shape index (κ1) is 24.9. The van der Waals surface area contributed by atoms with E-state index in [2.05, 4.69) is 15.6 Å². The number of ketones is 1. The zero-order chi connectivity index (χ0) is 25.8. The van der Waals surface area contributed by atoms with Gasteiger partial charge in [0.25, 0.3) is 0 Å². The van der Waals surface area contributed by atoms with Gasteiger partial charge < -0.3 is 21.5 Å². The molecule has 0 bridgehead atoms. The second kappa shape index (κ2) is 10.6. The summed E-state index contributed by atoms with van der Waals surface area (Å²) in [4.78, 5) is 36.2. The number of carbonyl (C=O) groups excluding carboxylic acids is 3. The lowest BCUT2D eigenvalue weighted by Gasteiger charge is -2.16. The third kappa shape index (κ3) is 5.56. The fourth-order valence-corrected chi connectivity index (χ4v) is 3.79. The highest BCUT2D eigenvalue weighted by Gasteiger charge is 2.37. The van der Waals surface area contributed by atoms with Crippen molar-refractivity contribution in [3.63, 3.8) is 0 Å². The third-order valence-corrected chi connectivity index (χ3v) is 5.82. The van der Waals surface area contributed by atoms with Crippen molar-refractivity contribution in [2.75, 3.05) is 18.0 Å². The summed E-state index contributed by atoms with van der Waals surface area (Å²) in [6, 6.07) is 10.8. The van der Waals surface area contributed by atoms with Crippen molar-refractivity contribution in [3.8, 4) is 11.1 Å². The molecule has 1 unspecified atom stereocenters. The number of hydrogen-bond donors (Lipinski definition) is 3. The molecule has 1 aliphatic rings. The van der Waals surface area contributed by atoms with Gasteiger partial charge in [0.05, 0.1) is 38.1 Å². The number of rotatable bonds is 9. The number of nitrogens with two attached hydrogens (primary N) is 2. The molecule has 1 fully saturated rings. The van der Waals surface area contributed by atoms with Crippen LogP contribution in [0.2, 0.25) is 0 Å². The molecule has 188 valence electrons. The molecule has 2 aromatic carbocycles. The van der Waals surface area contributed by atoms with Crippen molar-refractivity contribution in [1.29, 1.82) is 0 Å². The molecule has 12 heteroatoms. The van der Waals surface area contributed by atoms with Crippen molar-refractivity contribution in [2.45, 2.75) is 32.2 Å². The molecule has 36 heavy (non-hydrogen) atoms. The fraction of sp³-hybridized carbons (Fsp3) is 0.292. The lowest BCUT2D eigenvalue weighted by atomic mass is 10.0. The Bertz CT molecular complexity index is 1280. The zero-order valence-corrected chi connectivity index (χ0v) is 19.6. The van der Waals surface area contributed by atoms with Crippen LogP contribution in [0.1, 0.15) is 18.2 Å². The highest BCUT2D eigenvalue weighted by Crippen LogP contribution is 2.29. The average molecular weight is 496 g/mol. The number of nitrogens with zero attached hydrogens (tertiary/aromatic N) is 4. The minimum atomic E-state index is -0.928. The molecule has 2 amide bonds. The van der Waals surface area contributed by atoms with Crippen LogP contribution in [-0.4, -0.2) is 58.0 Å². The van der Waals surface area contributed by atoms with E-state index in [9.17, 15) is 18.8 Å². The number of Topliss-reactive ketones (excluding diaryl/α,β-unsaturated/α-hetero) is 1. The van der Waals surface area contributed by atoms with Gasteiger partial charge >= 0.3 is 6.09 Å². The monoisotopic (exact) mass is 495 g/mol. The fourth-order valence-electron chi connectivity index (χ4n) is 3.79. The Morgan fingerprint density at radius 3 is 2.67 bits per heavy atom. The Morgan fingerprint density at radius 1 is 1.25 bits per heavy atom. The van der Waals surface area contributed by atoms with Gasteiger partial charge in [-0.1, -0.05) is 29.5 Å². The van der Waals surface area contributed by atoms with Crippen molar-refractivity contribution in [1.82, 2.24) is 20.3 Å². The van der Waals surface area contributed by atoms with Gasteiger partial charge in [0.15, 0.2) is 0 Å². The summed E-state index contributed by atoms with van der Waals surface area (Å²) >= 11 is 0. The topological polar surface area (TPSA) is 158 Å². The third-order valence-electron chi connectivity index (χ3n) is 5.82. The maximum absolute atomic E-state index is 15.0. The average Bonchev–Trinajstić information content (AvgIpc) is 3.48. The largest absolute Gasteiger partial charge is 0.442 e. The van der Waals surface area contributed by atoms with Gasteiger partial charge in [-0.3, -0.25) is 14.5 Å². The van der Waals surface area contributed by atoms with Crippen LogP contribution in [0.3, 0.4) is 0 Å². The van der Waals surface area contributed by atoms with E-state index in [4.69, 9.17) is 16.2 Å². The molecule has 1 saturated heterocycles. The Labute approximate surface area is 206 Å². The van der Waals surface area contributed by atoms with E-state index in [1.807, 2.05) is 12.1 Å². The number of ether oxygens (including phenoxy) is 1. The standard InChI is InChI=1S/C24H26FN7O4/c1-14(33)23(27)21-13-32(24(35)36-21)18-6-7-19(20(25)8-18)16-4-2-15(3-5-16)11-31-12-17(29-30-31)10-28-22(34)9-26/h2-8,12,21,23H,9-11,13,26-27H2,1H3,(H,28,34)/t21?,23-/m1/s1. The summed E-state index contributed by atoms with van der Waals surface area (Å²) in [6.07, 6.45) is 0.266. The number of carbonyl (C=O) groups is 3. The van der Waals surface area contributed by atoms with Crippen LogP contribution in [-0.2, 0) is 27.4 Å². The molecule has 1 aliphatic heterocycles. The van der Waals surface area contributed by atoms with Crippen LogP contribution in [0.25, 0.3) is 11.1 Å². The van der Waals surface area contributed by atoms with E-state index >= 15 is 0 Å². The van der Waals surface area contributed by atoms with E-state index in [1.54, 1.807) is 35.1 Å². The molecule has 0 saturated carbocycles. The molecule has 11 nitrogen and oxygen atoms in total. The summed E-state index contributed by atoms with van der Waals surface area (Å²) in [5, 5.41) is 10.7. The molecule has 0 spiro atoms. The summed E-state index contributed by atoms with van der Waals surface area (Å²) < 4.78 is 21.8. The Hall–Kier alpha value is -4.16. The highest BCUT2D eigenvalue weighted by atomic mass is 19.1. The number of cyclic esters (lactones) is 1. The molecule has 4 rings (SSSR count). The minimum absolute atomic E-state index is 0.0659. The number of aromatic nitrogens is 3. The molecule has 1 aromatic heterocycles. The Kier molecular flexibility index (Phi) is 7.36. The molecule has 2 heterocycles. The number of hydrogen-bond acceptors (Lipinski definition) is 8. The van der Waals surface area contributed by atoms with Gasteiger partial charge in [-0.2, -0.15) is 0 Å². The van der Waals surface area contributed by atoms with Crippen molar-refractivity contribution in [2.24, 2.45) is 11.5 Å². The predicted molar refractivity (Wildman–Crippen MR) is 128 cm³/mol. The van der Waals surface area contributed by atoms with E-state index in [0.29, 0.717) is 29.1 Å². The predicted octanol–water partition coefficient (Wildman–Crippen LogP) is 0.949. The van der Waals surface area contributed by atoms with E-state index in [-0.39, 0.29) is 31.3 Å². The first-order valence-electron chi connectivity index (χ1n) is 11.2. The van der Waals surface area contributed by atoms with Crippen molar-refractivity contribution in [3.05, 3.63) is 65.7 Å². The van der Waals surface area contributed by atoms with Crippen LogP contribution < -0.4 is 21.7 Å². The minimum Gasteiger partial charge on any atom is -0.442 e. The lowest BCUT2D eigenvalue weighted by Crippen LogP contribution is -2.43. The number of nitrogens with one attached hydrogen (secondary N) is 1. The van der Waals surface area contributed by atoms with Gasteiger partial charge in [-0.15, -0.1) is 5.10 Å². The van der Waals surface area contributed by atoms with Crippen molar-refractivity contribution < 1.29 is 23.5 Å². The maximum atomic E-state index is 15.0. The number of amides is 2. The molecule has 3 aromatic rings. The second-order valence-corrected chi connectivity index (χ2v) is 8.42. The highest BCUT2D eigenvalue weighted by molar-refractivity contribution is 5.92. The van der Waals surface area contributed by atoms with E-state index < -0.39 is 24.1 Å². The SMILES string of the molecule is CC(=O)[C@@H](N)C1CN(c2ccc(-c3ccc(Cn4cc(CNC(=O)CN)nn4)cc3)c(F)c2)C(=O)O1. The zero-order valence-electron chi connectivity index (χ0n) is 19.6. The van der Waals surface area contributed by atoms with Gasteiger partial charge in [0.1, 0.15) is 29.4 Å². The van der Waals surface area contributed by atoms with Gasteiger partial charge in [-0.25, -0.2) is 13.9 Å². The summed E-state index contributed by atoms with van der Waals surface area (Å²) in [6.45, 7) is 1.99. The summed E-state index contributed by atoms with van der Waals surface area (Å²) in [5.74, 6) is -1.07. The Balaban J connectivity index is 1.41. The van der Waals surface area contributed by atoms with Gasteiger partial charge in [-0.05, 0) is 36.2 Å². The number of benzene rings is 2. The second-order valence-electron chi connectivity index (χ2n) is 8.42. The quantitative estimate of drug-likeness (QED) is 0.396. The normalized spacial score (nSPS) is 16.1. The Morgan fingerprint density at radius 2 is 2.00 bits per heavy atom. The smallest absolute Gasteiger partial charge is 0.414 e. The van der Waals surface area contributed by atoms with Gasteiger partial charge in [0.2, 0.25) is 5.91 Å². The van der Waals surface area contributed by atoms with Crippen LogP contribution in [0.4, 0.5) is 14.9 Å². The van der Waals surface area contributed by atoms with Gasteiger partial charge in [0, 0.05) is 5.56 Å². The van der Waals surface area contributed by atoms with Crippen molar-refractivity contribution >= 4 is 23.5 Å². The first-order valence-corrected chi connectivity index (χ1v) is 11.2. The van der Waals surface area contributed by atoms with Crippen LogP contribution in [0.5, 0.6) is 0 Å². The van der Waals surface area contributed by atoms with E-state index in [0.717, 1.165) is 5.56 Å². The number of halogens is 1. The summed E-state index contributed by atoms with van der Waals surface area (Å²) in [7, 11) is 0. The first-order chi connectivity index (χ1) is 17.2. The maximum Gasteiger partial charge on any atom is 0.414 e. The molecule has 2 atom stereocenters. The molecule has 0 radical (unpaired) electrons. The van der Waals surface area contributed by atoms with Crippen LogP contribution >= 0.6 is 0 Å². The molecular formula is C24H26FN7O4. The summed E-state index contributed by atoms with van der Waals surface area (Å²) in [5.41, 5.74) is 13.9. The van der Waals surface area contributed by atoms with Crippen LogP contribution in [0, 0.1) is 5.82 Å². The molecule has 0 aliphatic carbocycles. The molecular weight excluding hydrogens is 469 g/mol. The number of anilines is 1. The van der Waals surface area contributed by atoms with Crippen LogP contribution in [0.15, 0.2) is 48.7 Å². The van der Waals surface area contributed by atoms with E-state index in [1.165, 1.54) is 17.9 Å². The lowest BCUT2D eigenvalue weighted by molar-refractivity contribution is -0.120. The molecule has 5 N–H and O–H groups in total.